The number of amides is 2. The number of carboxylic acids is 1. The van der Waals surface area contributed by atoms with Crippen molar-refractivity contribution in [3.8, 4) is 6.07 Å². The van der Waals surface area contributed by atoms with E-state index in [2.05, 4.69) is 11.4 Å². The molecule has 2 amide bonds. The van der Waals surface area contributed by atoms with Gasteiger partial charge in [0, 0.05) is 19.5 Å². The lowest BCUT2D eigenvalue weighted by Crippen LogP contribution is -2.56. The first-order chi connectivity index (χ1) is 11.6. The lowest BCUT2D eigenvalue weighted by molar-refractivity contribution is -0.139. The maximum atomic E-state index is 12.0. The smallest absolute Gasteiger partial charge is 0.326 e. The van der Waals surface area contributed by atoms with Crippen molar-refractivity contribution in [1.29, 1.82) is 5.26 Å². The molecule has 2 aromatic rings. The molecule has 3 rings (SSSR count). The number of carbonyl (C=O) groups is 2. The molecule has 0 spiro atoms. The summed E-state index contributed by atoms with van der Waals surface area (Å²) in [4.78, 5) is 25.0. The van der Waals surface area contributed by atoms with E-state index in [4.69, 9.17) is 5.26 Å². The Morgan fingerprint density at radius 3 is 2.62 bits per heavy atom. The summed E-state index contributed by atoms with van der Waals surface area (Å²) in [7, 11) is 0. The summed E-state index contributed by atoms with van der Waals surface area (Å²) in [5.41, 5.74) is 0.847. The second-order valence-electron chi connectivity index (χ2n) is 5.96. The van der Waals surface area contributed by atoms with E-state index in [0.29, 0.717) is 13.1 Å². The summed E-state index contributed by atoms with van der Waals surface area (Å²) in [5, 5.41) is 22.8. The van der Waals surface area contributed by atoms with Gasteiger partial charge >= 0.3 is 12.0 Å². The Bertz CT molecular complexity index is 822. The lowest BCUT2D eigenvalue weighted by atomic mass is 10.0. The molecular weight excluding hydrogens is 306 g/mol. The van der Waals surface area contributed by atoms with Crippen molar-refractivity contribution in [3.05, 3.63) is 48.0 Å². The van der Waals surface area contributed by atoms with Gasteiger partial charge in [-0.3, -0.25) is 0 Å². The SMILES string of the molecule is N#CC1CN(C(=O)N[C@@H](Cc2ccc3ccccc3c2)C(=O)O)C1. The van der Waals surface area contributed by atoms with Crippen LogP contribution in [-0.4, -0.2) is 41.1 Å². The molecule has 0 saturated carbocycles. The van der Waals surface area contributed by atoms with Gasteiger partial charge in [-0.1, -0.05) is 42.5 Å². The van der Waals surface area contributed by atoms with Crippen LogP contribution in [0, 0.1) is 17.2 Å². The lowest BCUT2D eigenvalue weighted by Gasteiger charge is -2.35. The minimum Gasteiger partial charge on any atom is -0.480 e. The molecule has 1 aliphatic heterocycles. The standard InChI is InChI=1S/C18H17N3O3/c19-9-13-10-21(11-13)18(24)20-16(17(22)23)8-12-5-6-14-3-1-2-4-15(14)7-12/h1-7,13,16H,8,10-11H2,(H,20,24)(H,22,23)/t16-/m0/s1. The number of fused-ring (bicyclic) bond motifs is 1. The quantitative estimate of drug-likeness (QED) is 0.900. The topological polar surface area (TPSA) is 93.4 Å². The number of nitriles is 1. The summed E-state index contributed by atoms with van der Waals surface area (Å²) >= 11 is 0. The predicted octanol–water partition coefficient (Wildman–Crippen LogP) is 2.00. The molecule has 0 unspecified atom stereocenters. The van der Waals surface area contributed by atoms with E-state index in [1.807, 2.05) is 42.5 Å². The van der Waals surface area contributed by atoms with Gasteiger partial charge in [0.15, 0.2) is 0 Å². The number of urea groups is 1. The molecular formula is C18H17N3O3. The van der Waals surface area contributed by atoms with Crippen LogP contribution >= 0.6 is 0 Å². The Kier molecular flexibility index (Phi) is 4.34. The molecule has 0 aromatic heterocycles. The highest BCUT2D eigenvalue weighted by Crippen LogP contribution is 2.18. The molecule has 122 valence electrons. The van der Waals surface area contributed by atoms with Crippen LogP contribution in [0.1, 0.15) is 5.56 Å². The molecule has 2 N–H and O–H groups in total. The second kappa shape index (κ2) is 6.59. The minimum atomic E-state index is -1.08. The maximum Gasteiger partial charge on any atom is 0.326 e. The Morgan fingerprint density at radius 2 is 1.96 bits per heavy atom. The Labute approximate surface area is 139 Å². The summed E-state index contributed by atoms with van der Waals surface area (Å²) in [6.07, 6.45) is 0.210. The van der Waals surface area contributed by atoms with E-state index in [-0.39, 0.29) is 12.3 Å². The zero-order chi connectivity index (χ0) is 17.1. The number of likely N-dealkylation sites (tertiary alicyclic amines) is 1. The van der Waals surface area contributed by atoms with E-state index < -0.39 is 18.0 Å². The maximum absolute atomic E-state index is 12.0. The van der Waals surface area contributed by atoms with Gasteiger partial charge in [-0.25, -0.2) is 9.59 Å². The van der Waals surface area contributed by atoms with Crippen molar-refractivity contribution in [2.75, 3.05) is 13.1 Å². The van der Waals surface area contributed by atoms with Crippen molar-refractivity contribution < 1.29 is 14.7 Å². The van der Waals surface area contributed by atoms with E-state index in [0.717, 1.165) is 16.3 Å². The first-order valence-corrected chi connectivity index (χ1v) is 7.72. The normalized spacial score (nSPS) is 15.4. The Hall–Kier alpha value is -3.07. The molecule has 24 heavy (non-hydrogen) atoms. The van der Waals surface area contributed by atoms with Crippen LogP contribution in [0.25, 0.3) is 10.8 Å². The highest BCUT2D eigenvalue weighted by Gasteiger charge is 2.32. The predicted molar refractivity (Wildman–Crippen MR) is 88.3 cm³/mol. The summed E-state index contributed by atoms with van der Waals surface area (Å²) in [5.74, 6) is -1.23. The molecule has 6 nitrogen and oxygen atoms in total. The van der Waals surface area contributed by atoms with Crippen LogP contribution in [0.5, 0.6) is 0 Å². The average molecular weight is 323 g/mol. The summed E-state index contributed by atoms with van der Waals surface area (Å²) in [6, 6.07) is 14.2. The number of rotatable bonds is 4. The molecule has 0 bridgehead atoms. The van der Waals surface area contributed by atoms with Crippen molar-refractivity contribution in [2.24, 2.45) is 5.92 Å². The third kappa shape index (κ3) is 3.30. The summed E-state index contributed by atoms with van der Waals surface area (Å²) < 4.78 is 0. The zero-order valence-electron chi connectivity index (χ0n) is 13.0. The number of nitrogens with zero attached hydrogens (tertiary/aromatic N) is 2. The fourth-order valence-electron chi connectivity index (χ4n) is 2.77. The van der Waals surface area contributed by atoms with Gasteiger partial charge in [0.25, 0.3) is 0 Å². The molecule has 1 atom stereocenters. The number of carbonyl (C=O) groups excluding carboxylic acids is 1. The van der Waals surface area contributed by atoms with E-state index in [9.17, 15) is 14.7 Å². The van der Waals surface area contributed by atoms with E-state index in [1.165, 1.54) is 4.90 Å². The fourth-order valence-corrected chi connectivity index (χ4v) is 2.77. The van der Waals surface area contributed by atoms with Crippen LogP contribution in [0.15, 0.2) is 42.5 Å². The van der Waals surface area contributed by atoms with Gasteiger partial charge in [-0.05, 0) is 16.3 Å². The molecule has 2 aromatic carbocycles. The van der Waals surface area contributed by atoms with Gasteiger partial charge in [0.1, 0.15) is 6.04 Å². The van der Waals surface area contributed by atoms with Gasteiger partial charge in [0.2, 0.25) is 0 Å². The van der Waals surface area contributed by atoms with Gasteiger partial charge in [-0.15, -0.1) is 0 Å². The molecule has 1 fully saturated rings. The summed E-state index contributed by atoms with van der Waals surface area (Å²) in [6.45, 7) is 0.704. The molecule has 0 aliphatic carbocycles. The van der Waals surface area contributed by atoms with Crippen LogP contribution < -0.4 is 5.32 Å². The van der Waals surface area contributed by atoms with Crippen molar-refractivity contribution >= 4 is 22.8 Å². The van der Waals surface area contributed by atoms with Gasteiger partial charge < -0.3 is 15.3 Å². The van der Waals surface area contributed by atoms with Crippen molar-refractivity contribution in [2.45, 2.75) is 12.5 Å². The third-order valence-corrected chi connectivity index (χ3v) is 4.20. The largest absolute Gasteiger partial charge is 0.480 e. The van der Waals surface area contributed by atoms with Crippen molar-refractivity contribution in [1.82, 2.24) is 10.2 Å². The molecule has 0 radical (unpaired) electrons. The number of aliphatic carboxylic acids is 1. The minimum absolute atomic E-state index is 0.153. The Balaban J connectivity index is 1.68. The fraction of sp³-hybridized carbons (Fsp3) is 0.278. The molecule has 1 aliphatic rings. The number of hydrogen-bond acceptors (Lipinski definition) is 3. The number of hydrogen-bond donors (Lipinski definition) is 2. The number of nitrogens with one attached hydrogen (secondary N) is 1. The highest BCUT2D eigenvalue weighted by atomic mass is 16.4. The van der Waals surface area contributed by atoms with Gasteiger partial charge in [0.05, 0.1) is 12.0 Å². The zero-order valence-corrected chi connectivity index (χ0v) is 13.0. The van der Waals surface area contributed by atoms with Crippen molar-refractivity contribution in [3.63, 3.8) is 0 Å². The van der Waals surface area contributed by atoms with Gasteiger partial charge in [-0.2, -0.15) is 5.26 Å². The average Bonchev–Trinajstić information content (AvgIpc) is 2.53. The third-order valence-electron chi connectivity index (χ3n) is 4.20. The Morgan fingerprint density at radius 1 is 1.25 bits per heavy atom. The first kappa shape index (κ1) is 15.8. The van der Waals surface area contributed by atoms with Crippen LogP contribution in [0.4, 0.5) is 4.79 Å². The highest BCUT2D eigenvalue weighted by molar-refractivity contribution is 5.85. The number of carboxylic acid groups (broad SMARTS) is 1. The molecule has 6 heteroatoms. The molecule has 1 saturated heterocycles. The molecule has 1 heterocycles. The van der Waals surface area contributed by atoms with Crippen LogP contribution in [0.3, 0.4) is 0 Å². The monoisotopic (exact) mass is 323 g/mol. The first-order valence-electron chi connectivity index (χ1n) is 7.72. The van der Waals surface area contributed by atoms with E-state index >= 15 is 0 Å². The van der Waals surface area contributed by atoms with Crippen LogP contribution in [-0.2, 0) is 11.2 Å². The van der Waals surface area contributed by atoms with Crippen LogP contribution in [0.2, 0.25) is 0 Å². The number of benzene rings is 2. The van der Waals surface area contributed by atoms with E-state index in [1.54, 1.807) is 0 Å². The second-order valence-corrected chi connectivity index (χ2v) is 5.96.